The van der Waals surface area contributed by atoms with Crippen LogP contribution in [0.2, 0.25) is 0 Å². The highest BCUT2D eigenvalue weighted by Gasteiger charge is 2.22. The molecule has 8 heteroatoms. The second kappa shape index (κ2) is 5.64. The minimum absolute atomic E-state index is 0. The number of carbonyl (C=O) groups is 1. The maximum atomic E-state index is 12.2. The third-order valence-corrected chi connectivity index (χ3v) is 3.26. The number of hydrogen-bond acceptors (Lipinski definition) is 4. The Morgan fingerprint density at radius 1 is 1.50 bits per heavy atom. The van der Waals surface area contributed by atoms with E-state index in [1.54, 1.807) is 11.7 Å². The number of nitrogens with zero attached hydrogens (tertiary/aromatic N) is 3. The zero-order valence-electron chi connectivity index (χ0n) is 11.4. The van der Waals surface area contributed by atoms with Crippen LogP contribution < -0.4 is 10.6 Å². The van der Waals surface area contributed by atoms with Crippen molar-refractivity contribution in [1.29, 1.82) is 0 Å². The Hall–Kier alpha value is -1.86. The number of aromatic nitrogens is 4. The molecule has 3 heterocycles. The molecule has 3 rings (SSSR count). The molecule has 3 N–H and O–H groups in total. The van der Waals surface area contributed by atoms with E-state index in [9.17, 15) is 4.79 Å². The molecule has 1 aliphatic heterocycles. The lowest BCUT2D eigenvalue weighted by Gasteiger charge is -2.12. The Morgan fingerprint density at radius 3 is 3.00 bits per heavy atom. The highest BCUT2D eigenvalue weighted by Crippen LogP contribution is 2.17. The van der Waals surface area contributed by atoms with E-state index in [4.69, 9.17) is 0 Å². The fourth-order valence-corrected chi connectivity index (χ4v) is 2.32. The van der Waals surface area contributed by atoms with Gasteiger partial charge in [0.05, 0.1) is 5.69 Å². The van der Waals surface area contributed by atoms with Gasteiger partial charge in [0.2, 0.25) is 0 Å². The summed E-state index contributed by atoms with van der Waals surface area (Å²) in [6.45, 7) is 3.48. The SMILES string of the molecule is Cc1cc(NC(=O)c2n[nH]c3c2CNCC3)n(C)n1.Cl. The van der Waals surface area contributed by atoms with Gasteiger partial charge in [-0.2, -0.15) is 10.2 Å². The van der Waals surface area contributed by atoms with Crippen molar-refractivity contribution in [3.63, 3.8) is 0 Å². The van der Waals surface area contributed by atoms with E-state index in [0.717, 1.165) is 29.9 Å². The monoisotopic (exact) mass is 296 g/mol. The molecule has 7 nitrogen and oxygen atoms in total. The topological polar surface area (TPSA) is 87.6 Å². The molecule has 20 heavy (non-hydrogen) atoms. The van der Waals surface area contributed by atoms with Gasteiger partial charge in [0.15, 0.2) is 5.69 Å². The highest BCUT2D eigenvalue weighted by molar-refractivity contribution is 6.03. The average Bonchev–Trinajstić information content (AvgIpc) is 2.93. The molecule has 0 radical (unpaired) electrons. The number of amides is 1. The largest absolute Gasteiger partial charge is 0.312 e. The smallest absolute Gasteiger partial charge is 0.277 e. The molecule has 0 bridgehead atoms. The number of fused-ring (bicyclic) bond motifs is 1. The van der Waals surface area contributed by atoms with Crippen molar-refractivity contribution in [2.45, 2.75) is 19.9 Å². The summed E-state index contributed by atoms with van der Waals surface area (Å²) in [5, 5.41) is 17.3. The van der Waals surface area contributed by atoms with Crippen molar-refractivity contribution in [2.75, 3.05) is 11.9 Å². The number of aromatic amines is 1. The summed E-state index contributed by atoms with van der Waals surface area (Å²) in [6.07, 6.45) is 0.875. The van der Waals surface area contributed by atoms with Crippen LogP contribution in [0, 0.1) is 6.92 Å². The van der Waals surface area contributed by atoms with Crippen molar-refractivity contribution in [1.82, 2.24) is 25.3 Å². The maximum absolute atomic E-state index is 12.2. The first kappa shape index (κ1) is 14.5. The van der Waals surface area contributed by atoms with Crippen LogP contribution in [0.5, 0.6) is 0 Å². The molecule has 0 aliphatic carbocycles. The quantitative estimate of drug-likeness (QED) is 0.764. The first-order valence-electron chi connectivity index (χ1n) is 6.24. The minimum Gasteiger partial charge on any atom is -0.312 e. The van der Waals surface area contributed by atoms with Crippen LogP contribution >= 0.6 is 12.4 Å². The van der Waals surface area contributed by atoms with E-state index in [-0.39, 0.29) is 18.3 Å². The predicted molar refractivity (Wildman–Crippen MR) is 77.1 cm³/mol. The van der Waals surface area contributed by atoms with Gasteiger partial charge in [0.25, 0.3) is 5.91 Å². The molecule has 0 spiro atoms. The zero-order valence-corrected chi connectivity index (χ0v) is 12.2. The number of anilines is 1. The van der Waals surface area contributed by atoms with Crippen LogP contribution in [0.4, 0.5) is 5.82 Å². The van der Waals surface area contributed by atoms with Crippen molar-refractivity contribution >= 4 is 24.1 Å². The van der Waals surface area contributed by atoms with Crippen molar-refractivity contribution in [3.8, 4) is 0 Å². The van der Waals surface area contributed by atoms with Crippen LogP contribution in [0.3, 0.4) is 0 Å². The lowest BCUT2D eigenvalue weighted by atomic mass is 10.1. The molecule has 0 fully saturated rings. The van der Waals surface area contributed by atoms with Gasteiger partial charge in [-0.15, -0.1) is 12.4 Å². The Labute approximate surface area is 122 Å². The normalized spacial score (nSPS) is 13.5. The predicted octanol–water partition coefficient (Wildman–Crippen LogP) is 0.771. The maximum Gasteiger partial charge on any atom is 0.277 e. The zero-order chi connectivity index (χ0) is 13.4. The fraction of sp³-hybridized carbons (Fsp3) is 0.417. The lowest BCUT2D eigenvalue weighted by Crippen LogP contribution is -2.25. The summed E-state index contributed by atoms with van der Waals surface area (Å²) in [7, 11) is 1.80. The Kier molecular flexibility index (Phi) is 4.10. The molecule has 1 amide bonds. The first-order valence-corrected chi connectivity index (χ1v) is 6.24. The average molecular weight is 297 g/mol. The van der Waals surface area contributed by atoms with Gasteiger partial charge < -0.3 is 10.6 Å². The van der Waals surface area contributed by atoms with E-state index in [2.05, 4.69) is 25.9 Å². The standard InChI is InChI=1S/C12H16N6O.ClH/c1-7-5-10(18(2)17-7)14-12(19)11-8-6-13-4-3-9(8)15-16-11;/h5,13H,3-4,6H2,1-2H3,(H,14,19)(H,15,16);1H. The van der Waals surface area contributed by atoms with E-state index < -0.39 is 0 Å². The van der Waals surface area contributed by atoms with E-state index >= 15 is 0 Å². The molecule has 108 valence electrons. The third kappa shape index (κ3) is 2.54. The fourth-order valence-electron chi connectivity index (χ4n) is 2.32. The van der Waals surface area contributed by atoms with Gasteiger partial charge in [-0.25, -0.2) is 0 Å². The molecular weight excluding hydrogens is 280 g/mol. The van der Waals surface area contributed by atoms with Gasteiger partial charge in [-0.1, -0.05) is 0 Å². The van der Waals surface area contributed by atoms with Gasteiger partial charge in [0.1, 0.15) is 5.82 Å². The molecule has 0 aromatic carbocycles. The molecule has 2 aromatic heterocycles. The molecular formula is C12H17ClN6O. The molecule has 0 saturated heterocycles. The van der Waals surface area contributed by atoms with Gasteiger partial charge in [-0.3, -0.25) is 14.6 Å². The summed E-state index contributed by atoms with van der Waals surface area (Å²) in [4.78, 5) is 12.2. The summed E-state index contributed by atoms with van der Waals surface area (Å²) < 4.78 is 1.64. The van der Waals surface area contributed by atoms with Crippen molar-refractivity contribution < 1.29 is 4.79 Å². The molecule has 1 aliphatic rings. The number of halogens is 1. The first-order chi connectivity index (χ1) is 9.15. The number of rotatable bonds is 2. The molecule has 2 aromatic rings. The van der Waals surface area contributed by atoms with Gasteiger partial charge in [-0.05, 0) is 6.92 Å². The molecule has 0 saturated carbocycles. The van der Waals surface area contributed by atoms with Gasteiger partial charge >= 0.3 is 0 Å². The number of hydrogen-bond donors (Lipinski definition) is 3. The van der Waals surface area contributed by atoms with E-state index in [1.165, 1.54) is 0 Å². The van der Waals surface area contributed by atoms with Crippen LogP contribution in [0.1, 0.15) is 27.4 Å². The summed E-state index contributed by atoms with van der Waals surface area (Å²) in [5.74, 6) is 0.465. The Morgan fingerprint density at radius 2 is 2.30 bits per heavy atom. The highest BCUT2D eigenvalue weighted by atomic mass is 35.5. The Bertz CT molecular complexity index is 632. The van der Waals surface area contributed by atoms with E-state index in [1.807, 2.05) is 13.0 Å². The number of aryl methyl sites for hydroxylation is 2. The Balaban J connectivity index is 0.00000147. The molecule has 0 atom stereocenters. The summed E-state index contributed by atoms with van der Waals surface area (Å²) >= 11 is 0. The lowest BCUT2D eigenvalue weighted by molar-refractivity contribution is 0.102. The summed E-state index contributed by atoms with van der Waals surface area (Å²) in [6, 6.07) is 1.83. The van der Waals surface area contributed by atoms with Crippen LogP contribution in [-0.2, 0) is 20.0 Å². The minimum atomic E-state index is -0.204. The molecule has 0 unspecified atom stereocenters. The second-order valence-electron chi connectivity index (χ2n) is 4.70. The third-order valence-electron chi connectivity index (χ3n) is 3.26. The van der Waals surface area contributed by atoms with Crippen LogP contribution in [0.15, 0.2) is 6.07 Å². The van der Waals surface area contributed by atoms with Crippen LogP contribution in [0.25, 0.3) is 0 Å². The number of nitrogens with one attached hydrogen (secondary N) is 3. The second-order valence-corrected chi connectivity index (χ2v) is 4.70. The van der Waals surface area contributed by atoms with Gasteiger partial charge in [0, 0.05) is 43.9 Å². The summed E-state index contributed by atoms with van der Waals surface area (Å²) in [5.41, 5.74) is 3.33. The number of carbonyl (C=O) groups excluding carboxylic acids is 1. The van der Waals surface area contributed by atoms with Crippen LogP contribution in [-0.4, -0.2) is 32.4 Å². The van der Waals surface area contributed by atoms with E-state index in [0.29, 0.717) is 18.1 Å². The van der Waals surface area contributed by atoms with Crippen molar-refractivity contribution in [3.05, 3.63) is 28.7 Å². The van der Waals surface area contributed by atoms with Crippen molar-refractivity contribution in [2.24, 2.45) is 7.05 Å². The number of H-pyrrole nitrogens is 1.